The summed E-state index contributed by atoms with van der Waals surface area (Å²) in [5.41, 5.74) is 7.73. The van der Waals surface area contributed by atoms with Crippen LogP contribution in [0.25, 0.3) is 32.8 Å². The first-order valence-corrected chi connectivity index (χ1v) is 18.2. The molecule has 0 aliphatic carbocycles. The van der Waals surface area contributed by atoms with E-state index in [-0.39, 0.29) is 0 Å². The number of aryl methyl sites for hydroxylation is 5. The molecule has 1 N–H and O–H groups in total. The van der Waals surface area contributed by atoms with Crippen LogP contribution in [0.4, 0.5) is 0 Å². The molecule has 0 fully saturated rings. The highest BCUT2D eigenvalue weighted by molar-refractivity contribution is 7.98. The summed E-state index contributed by atoms with van der Waals surface area (Å²) in [7, 11) is 3.91. The molecule has 0 spiro atoms. The highest BCUT2D eigenvalue weighted by atomic mass is 35.5. The Balaban J connectivity index is 1.36. The minimum atomic E-state index is -0.945. The second kappa shape index (κ2) is 13.0. The Hall–Kier alpha value is -3.86. The van der Waals surface area contributed by atoms with Gasteiger partial charge in [0.15, 0.2) is 0 Å². The molecule has 6 aromatic rings. The number of benzene rings is 3. The van der Waals surface area contributed by atoms with Gasteiger partial charge in [0.1, 0.15) is 11.4 Å². The van der Waals surface area contributed by atoms with Crippen molar-refractivity contribution in [2.75, 3.05) is 12.4 Å². The third-order valence-electron chi connectivity index (χ3n) is 8.99. The Morgan fingerprint density at radius 2 is 1.81 bits per heavy atom. The first-order valence-electron chi connectivity index (χ1n) is 15.7. The van der Waals surface area contributed by atoms with Crippen molar-refractivity contribution in [3.8, 4) is 16.9 Å². The van der Waals surface area contributed by atoms with Crippen molar-refractivity contribution in [2.45, 2.75) is 49.6 Å². The lowest BCUT2D eigenvalue weighted by Crippen LogP contribution is -2.13. The molecule has 0 radical (unpaired) electrons. The molecule has 6 bridgehead atoms. The summed E-state index contributed by atoms with van der Waals surface area (Å²) in [4.78, 5) is 14.2. The molecule has 3 aromatic carbocycles. The molecular formula is C36H36ClN5O3S2. The van der Waals surface area contributed by atoms with Crippen LogP contribution in [0.1, 0.15) is 45.2 Å². The van der Waals surface area contributed by atoms with Crippen LogP contribution in [0.15, 0.2) is 59.5 Å². The zero-order valence-electron chi connectivity index (χ0n) is 26.8. The molecule has 1 aliphatic rings. The van der Waals surface area contributed by atoms with Gasteiger partial charge in [-0.1, -0.05) is 41.9 Å². The minimum absolute atomic E-state index is 0.310. The molecule has 7 rings (SSSR count). The number of aromatic nitrogens is 5. The van der Waals surface area contributed by atoms with Crippen LogP contribution in [0.3, 0.4) is 0 Å². The lowest BCUT2D eigenvalue weighted by molar-refractivity contribution is 0.0684. The molecule has 8 nitrogen and oxygen atoms in total. The SMILES string of the molecule is Cc1nn(C)c(C)c1-c1c(Cl)ccc2c3c(C(=O)O)n(c12)CCSCc1cc(n(C)n1)CSc1cc(c2ccccc2c1)OCCC3. The van der Waals surface area contributed by atoms with E-state index < -0.39 is 5.97 Å². The van der Waals surface area contributed by atoms with E-state index in [4.69, 9.17) is 21.4 Å². The molecule has 3 aromatic heterocycles. The summed E-state index contributed by atoms with van der Waals surface area (Å²) < 4.78 is 12.2. The molecule has 242 valence electrons. The predicted octanol–water partition coefficient (Wildman–Crippen LogP) is 8.45. The molecule has 47 heavy (non-hydrogen) atoms. The number of hydrogen-bond donors (Lipinski definition) is 1. The minimum Gasteiger partial charge on any atom is -0.493 e. The number of thioether (sulfide) groups is 2. The van der Waals surface area contributed by atoms with Crippen molar-refractivity contribution >= 4 is 62.8 Å². The summed E-state index contributed by atoms with van der Waals surface area (Å²) in [6, 6.07) is 18.6. The van der Waals surface area contributed by atoms with E-state index in [0.29, 0.717) is 42.5 Å². The molecule has 1 aliphatic heterocycles. The van der Waals surface area contributed by atoms with E-state index >= 15 is 0 Å². The van der Waals surface area contributed by atoms with Crippen LogP contribution >= 0.6 is 35.1 Å². The Morgan fingerprint density at radius 1 is 0.979 bits per heavy atom. The number of halogens is 1. The van der Waals surface area contributed by atoms with Crippen molar-refractivity contribution in [1.82, 2.24) is 24.1 Å². The Labute approximate surface area is 287 Å². The van der Waals surface area contributed by atoms with Crippen LogP contribution in [0, 0.1) is 13.8 Å². The second-order valence-corrected chi connectivity index (χ2v) is 14.5. The zero-order chi connectivity index (χ0) is 32.8. The van der Waals surface area contributed by atoms with Crippen LogP contribution in [-0.4, -0.2) is 47.6 Å². The van der Waals surface area contributed by atoms with E-state index in [1.807, 2.05) is 66.1 Å². The number of ether oxygens (including phenoxy) is 1. The second-order valence-electron chi connectivity index (χ2n) is 12.0. The van der Waals surface area contributed by atoms with Gasteiger partial charge in [-0.05, 0) is 61.9 Å². The lowest BCUT2D eigenvalue weighted by Gasteiger charge is -2.14. The largest absolute Gasteiger partial charge is 0.493 e. The summed E-state index contributed by atoms with van der Waals surface area (Å²) in [5, 5.41) is 23.9. The topological polar surface area (TPSA) is 87.1 Å². The summed E-state index contributed by atoms with van der Waals surface area (Å²) in [5.74, 6) is 2.13. The molecule has 0 saturated heterocycles. The van der Waals surface area contributed by atoms with E-state index in [0.717, 1.165) is 83.3 Å². The zero-order valence-corrected chi connectivity index (χ0v) is 29.2. The van der Waals surface area contributed by atoms with Gasteiger partial charge < -0.3 is 14.4 Å². The van der Waals surface area contributed by atoms with Crippen molar-refractivity contribution in [2.24, 2.45) is 14.1 Å². The molecular weight excluding hydrogens is 650 g/mol. The van der Waals surface area contributed by atoms with Gasteiger partial charge in [-0.15, -0.1) is 11.8 Å². The molecule has 0 unspecified atom stereocenters. The highest BCUT2D eigenvalue weighted by Crippen LogP contribution is 2.42. The number of carboxylic acid groups (broad SMARTS) is 1. The number of nitrogens with zero attached hydrogens (tertiary/aromatic N) is 5. The number of fused-ring (bicyclic) bond motifs is 11. The van der Waals surface area contributed by atoms with Crippen LogP contribution < -0.4 is 4.74 Å². The van der Waals surface area contributed by atoms with Crippen molar-refractivity contribution in [1.29, 1.82) is 0 Å². The van der Waals surface area contributed by atoms with Gasteiger partial charge in [-0.2, -0.15) is 22.0 Å². The van der Waals surface area contributed by atoms with Gasteiger partial charge in [0.25, 0.3) is 0 Å². The fourth-order valence-electron chi connectivity index (χ4n) is 6.74. The normalized spacial score (nSPS) is 14.5. The summed E-state index contributed by atoms with van der Waals surface area (Å²) in [6.07, 6.45) is 1.20. The van der Waals surface area contributed by atoms with Crippen LogP contribution in [0.5, 0.6) is 5.75 Å². The van der Waals surface area contributed by atoms with Gasteiger partial charge >= 0.3 is 5.97 Å². The monoisotopic (exact) mass is 685 g/mol. The fourth-order valence-corrected chi connectivity index (χ4v) is 8.78. The average molecular weight is 686 g/mol. The van der Waals surface area contributed by atoms with Crippen molar-refractivity contribution in [3.05, 3.63) is 93.7 Å². The van der Waals surface area contributed by atoms with Gasteiger partial charge in [0.2, 0.25) is 0 Å². The Kier molecular flexibility index (Phi) is 8.76. The maximum atomic E-state index is 13.1. The maximum absolute atomic E-state index is 13.1. The highest BCUT2D eigenvalue weighted by Gasteiger charge is 2.28. The molecule has 4 heterocycles. The first-order chi connectivity index (χ1) is 22.7. The standard InChI is InChI=1S/C36H36ClN5O3S2/c1-21-32(22(2)40(3)38-21)33-30(37)12-11-29-28-10-7-14-45-31-18-26(16-23-8-5-6-9-27(23)31)47-20-25-17-24(39-41(25)4)19-46-15-13-42(34(29)33)35(28)36(43)44/h5-6,8-9,11-12,16-18H,7,10,13-15,19-20H2,1-4H3,(H,43,44). The fraction of sp³-hybridized carbons (Fsp3) is 0.306. The number of hydrogen-bond acceptors (Lipinski definition) is 6. The number of aromatic carboxylic acids is 1. The quantitative estimate of drug-likeness (QED) is 0.196. The third-order valence-corrected chi connectivity index (χ3v) is 11.3. The smallest absolute Gasteiger partial charge is 0.352 e. The van der Waals surface area contributed by atoms with Gasteiger partial charge in [-0.3, -0.25) is 9.36 Å². The van der Waals surface area contributed by atoms with E-state index in [1.54, 1.807) is 23.5 Å². The van der Waals surface area contributed by atoms with Crippen molar-refractivity contribution < 1.29 is 14.6 Å². The first kappa shape index (κ1) is 31.7. The molecule has 0 amide bonds. The molecule has 0 saturated carbocycles. The number of carboxylic acids is 1. The lowest BCUT2D eigenvalue weighted by atomic mass is 9.98. The summed E-state index contributed by atoms with van der Waals surface area (Å²) in [6.45, 7) is 4.96. The Morgan fingerprint density at radius 3 is 2.60 bits per heavy atom. The molecule has 11 heteroatoms. The van der Waals surface area contributed by atoms with Crippen LogP contribution in [-0.2, 0) is 38.6 Å². The average Bonchev–Trinajstić information content (AvgIpc) is 3.65. The summed E-state index contributed by atoms with van der Waals surface area (Å²) >= 11 is 10.5. The predicted molar refractivity (Wildman–Crippen MR) is 192 cm³/mol. The maximum Gasteiger partial charge on any atom is 0.352 e. The van der Waals surface area contributed by atoms with E-state index in [9.17, 15) is 9.90 Å². The Bertz CT molecular complexity index is 2170. The number of carbonyl (C=O) groups is 1. The van der Waals surface area contributed by atoms with Gasteiger partial charge in [0, 0.05) is 76.1 Å². The van der Waals surface area contributed by atoms with Crippen molar-refractivity contribution in [3.63, 3.8) is 0 Å². The molecule has 0 atom stereocenters. The number of rotatable bonds is 2. The van der Waals surface area contributed by atoms with Gasteiger partial charge in [-0.25, -0.2) is 4.79 Å². The van der Waals surface area contributed by atoms with E-state index in [2.05, 4.69) is 35.4 Å². The van der Waals surface area contributed by atoms with Crippen LogP contribution in [0.2, 0.25) is 5.02 Å². The van der Waals surface area contributed by atoms with Gasteiger partial charge in [0.05, 0.1) is 28.5 Å². The van der Waals surface area contributed by atoms with E-state index in [1.165, 1.54) is 0 Å². The third kappa shape index (κ3) is 5.91.